The third-order valence-corrected chi connectivity index (χ3v) is 8.02. The Bertz CT molecular complexity index is 1130. The summed E-state index contributed by atoms with van der Waals surface area (Å²) in [6.45, 7) is 0.265. The minimum Gasteiger partial charge on any atom is -0.277 e. The van der Waals surface area contributed by atoms with Gasteiger partial charge in [-0.25, -0.2) is 0 Å². The lowest BCUT2D eigenvalue weighted by molar-refractivity contribution is -0.140. The SMILES string of the molecule is O=C1[C@@H]2[C@@H](C(=O)N1Cc1cccnc1)C1c3ccccc3C2(Br)c2ccccc21. The Morgan fingerprint density at radius 3 is 2.17 bits per heavy atom. The maximum atomic E-state index is 13.6. The third-order valence-electron chi connectivity index (χ3n) is 6.67. The van der Waals surface area contributed by atoms with Gasteiger partial charge in [0.1, 0.15) is 0 Å². The minimum atomic E-state index is -0.684. The van der Waals surface area contributed by atoms with E-state index < -0.39 is 10.2 Å². The summed E-state index contributed by atoms with van der Waals surface area (Å²) in [7, 11) is 0. The number of carbonyl (C=O) groups excluding carboxylic acids is 2. The molecular weight excluding hydrogens is 428 g/mol. The lowest BCUT2D eigenvalue weighted by atomic mass is 9.55. The number of hydrogen-bond donors (Lipinski definition) is 0. The van der Waals surface area contributed by atoms with Gasteiger partial charge in [0.25, 0.3) is 0 Å². The van der Waals surface area contributed by atoms with Crippen molar-refractivity contribution in [2.24, 2.45) is 11.8 Å². The normalized spacial score (nSPS) is 28.9. The van der Waals surface area contributed by atoms with E-state index in [1.807, 2.05) is 36.4 Å². The number of amides is 2. The first-order valence-corrected chi connectivity index (χ1v) is 10.5. The zero-order valence-corrected chi connectivity index (χ0v) is 17.0. The van der Waals surface area contributed by atoms with Gasteiger partial charge in [-0.2, -0.15) is 0 Å². The number of aromatic nitrogens is 1. The number of likely N-dealkylation sites (tertiary alicyclic amines) is 1. The standard InChI is InChI=1S/C24H17BrN2O2/c25-24-17-9-3-1-7-15(17)19(16-8-2-4-10-18(16)24)20-21(24)23(29)27(22(20)28)13-14-6-5-11-26-12-14/h1-12,19-21H,13H2/t19?,20-,21-,24?/m0/s1. The van der Waals surface area contributed by atoms with E-state index in [0.717, 1.165) is 27.8 Å². The van der Waals surface area contributed by atoms with Crippen LogP contribution >= 0.6 is 15.9 Å². The Morgan fingerprint density at radius 1 is 0.897 bits per heavy atom. The van der Waals surface area contributed by atoms with Crippen molar-refractivity contribution in [3.05, 3.63) is 101 Å². The van der Waals surface area contributed by atoms with E-state index >= 15 is 0 Å². The molecule has 0 saturated carbocycles. The smallest absolute Gasteiger partial charge is 0.235 e. The second-order valence-corrected chi connectivity index (χ2v) is 9.24. The van der Waals surface area contributed by atoms with Crippen LogP contribution in [-0.4, -0.2) is 21.7 Å². The molecule has 2 aromatic carbocycles. The first-order valence-electron chi connectivity index (χ1n) is 9.74. The van der Waals surface area contributed by atoms with Gasteiger partial charge in [-0.15, -0.1) is 0 Å². The highest BCUT2D eigenvalue weighted by Gasteiger charge is 2.67. The molecule has 3 aliphatic carbocycles. The average molecular weight is 445 g/mol. The molecule has 0 unspecified atom stereocenters. The van der Waals surface area contributed by atoms with Crippen LogP contribution in [0, 0.1) is 11.8 Å². The van der Waals surface area contributed by atoms with Crippen LogP contribution < -0.4 is 0 Å². The quantitative estimate of drug-likeness (QED) is 0.443. The number of rotatable bonds is 2. The molecule has 4 nitrogen and oxygen atoms in total. The van der Waals surface area contributed by atoms with E-state index in [2.05, 4.69) is 45.2 Å². The molecule has 7 rings (SSSR count). The molecule has 0 N–H and O–H groups in total. The molecule has 0 spiro atoms. The van der Waals surface area contributed by atoms with Crippen molar-refractivity contribution in [3.8, 4) is 0 Å². The summed E-state index contributed by atoms with van der Waals surface area (Å²) >= 11 is 4.01. The molecular formula is C24H17BrN2O2. The Balaban J connectivity index is 1.55. The molecule has 3 aromatic rings. The van der Waals surface area contributed by atoms with Gasteiger partial charge in [0.05, 0.1) is 22.7 Å². The molecule has 1 fully saturated rings. The summed E-state index contributed by atoms with van der Waals surface area (Å²) in [5.41, 5.74) is 5.37. The zero-order chi connectivity index (χ0) is 19.8. The summed E-state index contributed by atoms with van der Waals surface area (Å²) in [6, 6.07) is 20.2. The summed E-state index contributed by atoms with van der Waals surface area (Å²) in [5.74, 6) is -1.11. The number of imide groups is 1. The molecule has 29 heavy (non-hydrogen) atoms. The first kappa shape index (κ1) is 17.1. The summed E-state index contributed by atoms with van der Waals surface area (Å²) in [4.78, 5) is 32.8. The maximum absolute atomic E-state index is 13.6. The molecule has 2 bridgehead atoms. The van der Waals surface area contributed by atoms with Gasteiger partial charge in [-0.1, -0.05) is 70.5 Å². The third kappa shape index (κ3) is 2.06. The van der Waals surface area contributed by atoms with E-state index in [-0.39, 0.29) is 30.2 Å². The fourth-order valence-corrected chi connectivity index (χ4v) is 6.77. The van der Waals surface area contributed by atoms with Crippen LogP contribution in [-0.2, 0) is 20.5 Å². The summed E-state index contributed by atoms with van der Waals surface area (Å²) in [5, 5.41) is 0. The number of pyridine rings is 1. The minimum absolute atomic E-state index is 0.0818. The average Bonchev–Trinajstić information content (AvgIpc) is 3.01. The summed E-state index contributed by atoms with van der Waals surface area (Å²) < 4.78 is -0.684. The molecule has 5 heteroatoms. The van der Waals surface area contributed by atoms with E-state index in [0.29, 0.717) is 0 Å². The molecule has 1 aliphatic heterocycles. The van der Waals surface area contributed by atoms with Crippen molar-refractivity contribution >= 4 is 27.7 Å². The van der Waals surface area contributed by atoms with E-state index in [4.69, 9.17) is 0 Å². The van der Waals surface area contributed by atoms with Crippen molar-refractivity contribution in [1.82, 2.24) is 9.88 Å². The van der Waals surface area contributed by atoms with Crippen molar-refractivity contribution < 1.29 is 9.59 Å². The van der Waals surface area contributed by atoms with Gasteiger partial charge in [0.2, 0.25) is 11.8 Å². The molecule has 2 heterocycles. The molecule has 2 atom stereocenters. The van der Waals surface area contributed by atoms with Gasteiger partial charge in [-0.05, 0) is 33.9 Å². The lowest BCUT2D eigenvalue weighted by Gasteiger charge is -2.51. The molecule has 142 valence electrons. The number of alkyl halides is 1. The number of nitrogens with zero attached hydrogens (tertiary/aromatic N) is 2. The van der Waals surface area contributed by atoms with E-state index in [1.54, 1.807) is 12.4 Å². The highest BCUT2D eigenvalue weighted by Crippen LogP contribution is 2.66. The van der Waals surface area contributed by atoms with Crippen molar-refractivity contribution in [2.45, 2.75) is 16.8 Å². The van der Waals surface area contributed by atoms with Crippen LogP contribution in [0.2, 0.25) is 0 Å². The van der Waals surface area contributed by atoms with Crippen molar-refractivity contribution in [2.75, 3.05) is 0 Å². The Kier molecular flexibility index (Phi) is 3.46. The van der Waals surface area contributed by atoms with Crippen LogP contribution in [0.15, 0.2) is 73.1 Å². The fourth-order valence-electron chi connectivity index (χ4n) is 5.57. The Hall–Kier alpha value is -2.79. The van der Waals surface area contributed by atoms with Gasteiger partial charge in [-0.3, -0.25) is 19.5 Å². The number of halogens is 1. The second kappa shape index (κ2) is 5.86. The predicted octanol–water partition coefficient (Wildman–Crippen LogP) is 3.98. The van der Waals surface area contributed by atoms with Gasteiger partial charge >= 0.3 is 0 Å². The fraction of sp³-hybridized carbons (Fsp3) is 0.208. The number of carbonyl (C=O) groups is 2. The van der Waals surface area contributed by atoms with Crippen LogP contribution in [0.1, 0.15) is 33.7 Å². The second-order valence-electron chi connectivity index (χ2n) is 7.99. The monoisotopic (exact) mass is 444 g/mol. The molecule has 2 amide bonds. The largest absolute Gasteiger partial charge is 0.277 e. The first-order chi connectivity index (χ1) is 14.1. The van der Waals surface area contributed by atoms with Gasteiger partial charge in [0, 0.05) is 18.3 Å². The number of hydrogen-bond acceptors (Lipinski definition) is 3. The van der Waals surface area contributed by atoms with Crippen LogP contribution in [0.25, 0.3) is 0 Å². The molecule has 1 saturated heterocycles. The topological polar surface area (TPSA) is 50.3 Å². The highest BCUT2D eigenvalue weighted by molar-refractivity contribution is 9.09. The number of benzene rings is 2. The van der Waals surface area contributed by atoms with E-state index in [1.165, 1.54) is 4.90 Å². The van der Waals surface area contributed by atoms with Gasteiger partial charge < -0.3 is 0 Å². The molecule has 0 radical (unpaired) electrons. The van der Waals surface area contributed by atoms with Crippen molar-refractivity contribution in [3.63, 3.8) is 0 Å². The van der Waals surface area contributed by atoms with Crippen LogP contribution in [0.4, 0.5) is 0 Å². The maximum Gasteiger partial charge on any atom is 0.235 e. The van der Waals surface area contributed by atoms with E-state index in [9.17, 15) is 9.59 Å². The predicted molar refractivity (Wildman–Crippen MR) is 111 cm³/mol. The molecule has 1 aromatic heterocycles. The van der Waals surface area contributed by atoms with Crippen LogP contribution in [0.5, 0.6) is 0 Å². The molecule has 4 aliphatic rings. The van der Waals surface area contributed by atoms with Crippen LogP contribution in [0.3, 0.4) is 0 Å². The summed E-state index contributed by atoms with van der Waals surface area (Å²) in [6.07, 6.45) is 3.41. The van der Waals surface area contributed by atoms with Gasteiger partial charge in [0.15, 0.2) is 0 Å². The Labute approximate surface area is 176 Å². The van der Waals surface area contributed by atoms with Crippen molar-refractivity contribution in [1.29, 1.82) is 0 Å². The zero-order valence-electron chi connectivity index (χ0n) is 15.5. The lowest BCUT2D eigenvalue weighted by Crippen LogP contribution is -2.50. The highest BCUT2D eigenvalue weighted by atomic mass is 79.9. The Morgan fingerprint density at radius 2 is 1.55 bits per heavy atom.